The van der Waals surface area contributed by atoms with E-state index in [9.17, 15) is 4.79 Å². The van der Waals surface area contributed by atoms with Crippen molar-refractivity contribution in [2.45, 2.75) is 40.6 Å². The van der Waals surface area contributed by atoms with Crippen LogP contribution in [0.1, 0.15) is 17.7 Å². The van der Waals surface area contributed by atoms with Crippen molar-refractivity contribution in [3.05, 3.63) is 48.0 Å². The Bertz CT molecular complexity index is 938. The predicted molar refractivity (Wildman–Crippen MR) is 114 cm³/mol. The molecule has 3 heterocycles. The molecule has 0 saturated heterocycles. The van der Waals surface area contributed by atoms with Gasteiger partial charge in [0.05, 0.1) is 5.69 Å². The fourth-order valence-electron chi connectivity index (χ4n) is 2.38. The third-order valence-corrected chi connectivity index (χ3v) is 7.16. The van der Waals surface area contributed by atoms with E-state index in [4.69, 9.17) is 5.11 Å². The van der Waals surface area contributed by atoms with E-state index in [-0.39, 0.29) is 6.54 Å². The van der Waals surface area contributed by atoms with E-state index in [1.54, 1.807) is 24.2 Å². The van der Waals surface area contributed by atoms with Crippen molar-refractivity contribution in [3.8, 4) is 0 Å². The molecule has 11 heteroatoms. The van der Waals surface area contributed by atoms with Gasteiger partial charge in [0.25, 0.3) is 0 Å². The van der Waals surface area contributed by atoms with Crippen LogP contribution >= 0.6 is 35.3 Å². The minimum Gasteiger partial charge on any atom is -0.480 e. The summed E-state index contributed by atoms with van der Waals surface area (Å²) in [7, 11) is 0. The lowest BCUT2D eigenvalue weighted by atomic mass is 10.2. The van der Waals surface area contributed by atoms with Crippen LogP contribution in [0.15, 0.2) is 51.7 Å². The number of nitrogens with zero attached hydrogens (tertiary/aromatic N) is 6. The van der Waals surface area contributed by atoms with E-state index in [1.807, 2.05) is 30.1 Å². The normalized spacial score (nSPS) is 10.9. The molecule has 8 nitrogen and oxygen atoms in total. The molecule has 0 spiro atoms. The Balaban J connectivity index is 1.45. The van der Waals surface area contributed by atoms with E-state index in [0.29, 0.717) is 5.16 Å². The Labute approximate surface area is 181 Å². The largest absolute Gasteiger partial charge is 0.480 e. The number of thioether (sulfide) groups is 3. The minimum atomic E-state index is -0.958. The smallest absolute Gasteiger partial charge is 0.325 e. The Morgan fingerprint density at radius 1 is 1.10 bits per heavy atom. The van der Waals surface area contributed by atoms with Crippen molar-refractivity contribution in [1.82, 2.24) is 30.2 Å². The van der Waals surface area contributed by atoms with Crippen LogP contribution < -0.4 is 0 Å². The highest BCUT2D eigenvalue weighted by molar-refractivity contribution is 8.00. The van der Waals surface area contributed by atoms with Crippen molar-refractivity contribution in [2.24, 2.45) is 0 Å². The number of hydrogen-bond donors (Lipinski definition) is 1. The molecule has 0 aromatic carbocycles. The van der Waals surface area contributed by atoms with Gasteiger partial charge < -0.3 is 5.11 Å². The Kier molecular flexibility index (Phi) is 8.32. The lowest BCUT2D eigenvalue weighted by molar-refractivity contribution is -0.138. The van der Waals surface area contributed by atoms with Gasteiger partial charge in [-0.3, -0.25) is 14.8 Å². The third kappa shape index (κ3) is 6.72. The third-order valence-electron chi connectivity index (χ3n) is 3.85. The Hall–Kier alpha value is -2.11. The van der Waals surface area contributed by atoms with Crippen molar-refractivity contribution >= 4 is 41.3 Å². The maximum absolute atomic E-state index is 10.8. The number of carboxylic acids is 1. The molecule has 0 aliphatic rings. The molecule has 1 N–H and O–H groups in total. The van der Waals surface area contributed by atoms with Gasteiger partial charge in [-0.15, -0.1) is 28.6 Å². The van der Waals surface area contributed by atoms with Gasteiger partial charge in [-0.2, -0.15) is 0 Å². The van der Waals surface area contributed by atoms with Crippen LogP contribution in [0.3, 0.4) is 0 Å². The van der Waals surface area contributed by atoms with E-state index in [1.165, 1.54) is 31.8 Å². The summed E-state index contributed by atoms with van der Waals surface area (Å²) in [5.74, 6) is 1.64. The number of carboxylic acid groups (broad SMARTS) is 1. The first-order valence-electron chi connectivity index (χ1n) is 8.84. The van der Waals surface area contributed by atoms with Gasteiger partial charge in [-0.25, -0.2) is 4.68 Å². The molecule has 0 radical (unpaired) electrons. The fourth-order valence-corrected chi connectivity index (χ4v) is 5.29. The molecular formula is C18H20N6O2S3. The van der Waals surface area contributed by atoms with Gasteiger partial charge >= 0.3 is 5.97 Å². The molecule has 0 aliphatic carbocycles. The summed E-state index contributed by atoms with van der Waals surface area (Å²) < 4.78 is 1.31. The van der Waals surface area contributed by atoms with E-state index >= 15 is 0 Å². The first-order valence-corrected chi connectivity index (χ1v) is 11.8. The Morgan fingerprint density at radius 3 is 2.69 bits per heavy atom. The number of hydrogen-bond acceptors (Lipinski definition) is 9. The van der Waals surface area contributed by atoms with Gasteiger partial charge in [0.2, 0.25) is 5.16 Å². The lowest BCUT2D eigenvalue weighted by Gasteiger charge is -2.10. The van der Waals surface area contributed by atoms with Crippen molar-refractivity contribution in [1.29, 1.82) is 0 Å². The molecule has 0 unspecified atom stereocenters. The molecule has 0 aliphatic heterocycles. The average Bonchev–Trinajstić information content (AvgIpc) is 3.15. The number of aliphatic carboxylic acids is 1. The fraction of sp³-hybridized carbons (Fsp3) is 0.333. The summed E-state index contributed by atoms with van der Waals surface area (Å²) >= 11 is 5.04. The number of tetrazole rings is 1. The molecule has 0 fully saturated rings. The van der Waals surface area contributed by atoms with E-state index in [2.05, 4.69) is 38.5 Å². The average molecular weight is 449 g/mol. The number of rotatable bonds is 11. The topological polar surface area (TPSA) is 107 Å². The van der Waals surface area contributed by atoms with Gasteiger partial charge in [-0.1, -0.05) is 11.8 Å². The molecule has 0 amide bonds. The standard InChI is InChI=1S/C18H20N6O2S3/c1-13-15(12-29-14-3-6-19-7-4-14)20-8-5-16(13)27-9-2-10-28-18-21-22-23-24(18)11-17(25)26/h3-8H,2,9-12H2,1H3,(H,25,26). The molecule has 3 aromatic heterocycles. The molecule has 3 aromatic rings. The van der Waals surface area contributed by atoms with Crippen LogP contribution in [0.4, 0.5) is 0 Å². The second kappa shape index (κ2) is 11.2. The minimum absolute atomic E-state index is 0.222. The zero-order valence-electron chi connectivity index (χ0n) is 15.8. The second-order valence-electron chi connectivity index (χ2n) is 5.92. The monoisotopic (exact) mass is 448 g/mol. The Morgan fingerprint density at radius 2 is 1.90 bits per heavy atom. The second-order valence-corrected chi connectivity index (χ2v) is 9.16. The lowest BCUT2D eigenvalue weighted by Crippen LogP contribution is -2.11. The van der Waals surface area contributed by atoms with Crippen molar-refractivity contribution < 1.29 is 9.90 Å². The van der Waals surface area contributed by atoms with Crippen LogP contribution in [0.5, 0.6) is 0 Å². The van der Waals surface area contributed by atoms with Crippen LogP contribution in [-0.4, -0.2) is 52.8 Å². The maximum atomic E-state index is 10.8. The summed E-state index contributed by atoms with van der Waals surface area (Å²) in [6, 6.07) is 6.06. The summed E-state index contributed by atoms with van der Waals surface area (Å²) in [6.07, 6.45) is 6.42. The van der Waals surface area contributed by atoms with Crippen LogP contribution in [0, 0.1) is 6.92 Å². The van der Waals surface area contributed by atoms with Crippen LogP contribution in [0.2, 0.25) is 0 Å². The predicted octanol–water partition coefficient (Wildman–Crippen LogP) is 3.42. The SMILES string of the molecule is Cc1c(SCCCSc2nnnn2CC(=O)O)ccnc1CSc1ccncc1. The molecule has 3 rings (SSSR count). The van der Waals surface area contributed by atoms with Crippen LogP contribution in [-0.2, 0) is 17.1 Å². The first kappa shape index (κ1) is 21.6. The summed E-state index contributed by atoms with van der Waals surface area (Å²) in [5.41, 5.74) is 2.32. The number of aromatic nitrogens is 6. The summed E-state index contributed by atoms with van der Waals surface area (Å²) in [6.45, 7) is 1.90. The molecule has 0 atom stereocenters. The van der Waals surface area contributed by atoms with E-state index < -0.39 is 5.97 Å². The quantitative estimate of drug-likeness (QED) is 0.346. The zero-order chi connectivity index (χ0) is 20.5. The molecular weight excluding hydrogens is 428 g/mol. The molecule has 0 bridgehead atoms. The number of pyridine rings is 2. The zero-order valence-corrected chi connectivity index (χ0v) is 18.2. The first-order chi connectivity index (χ1) is 14.1. The van der Waals surface area contributed by atoms with Crippen molar-refractivity contribution in [2.75, 3.05) is 11.5 Å². The highest BCUT2D eigenvalue weighted by Crippen LogP contribution is 2.29. The molecule has 0 saturated carbocycles. The van der Waals surface area contributed by atoms with Crippen LogP contribution in [0.25, 0.3) is 0 Å². The highest BCUT2D eigenvalue weighted by Gasteiger charge is 2.10. The van der Waals surface area contributed by atoms with E-state index in [0.717, 1.165) is 29.4 Å². The van der Waals surface area contributed by atoms with Gasteiger partial charge in [0.1, 0.15) is 6.54 Å². The van der Waals surface area contributed by atoms with Gasteiger partial charge in [0.15, 0.2) is 0 Å². The summed E-state index contributed by atoms with van der Waals surface area (Å²) in [5, 5.41) is 20.5. The van der Waals surface area contributed by atoms with Crippen molar-refractivity contribution in [3.63, 3.8) is 0 Å². The number of carbonyl (C=O) groups is 1. The summed E-state index contributed by atoms with van der Waals surface area (Å²) in [4.78, 5) is 21.8. The van der Waals surface area contributed by atoms with Gasteiger partial charge in [0, 0.05) is 39.9 Å². The molecule has 29 heavy (non-hydrogen) atoms. The maximum Gasteiger partial charge on any atom is 0.325 e. The molecule has 152 valence electrons. The van der Waals surface area contributed by atoms with Gasteiger partial charge in [-0.05, 0) is 53.3 Å². The highest BCUT2D eigenvalue weighted by atomic mass is 32.2.